The van der Waals surface area contributed by atoms with Gasteiger partial charge < -0.3 is 14.2 Å². The van der Waals surface area contributed by atoms with Gasteiger partial charge in [0.15, 0.2) is 0 Å². The minimum atomic E-state index is -0.647. The third-order valence-corrected chi connectivity index (χ3v) is 4.16. The standard InChI is InChI=1S/C13H16O4S/c1-9-8-10(4-5-11(14)15-3)18-12(9)13(2)16-6-7-17-13/h4-5,8H,6-7H2,1-3H3/b5-4+. The normalized spacial score (nSPS) is 18.4. The van der Waals surface area contributed by atoms with Gasteiger partial charge in [-0.3, -0.25) is 0 Å². The number of aryl methyl sites for hydroxylation is 1. The smallest absolute Gasteiger partial charge is 0.330 e. The Morgan fingerprint density at radius 1 is 1.50 bits per heavy atom. The lowest BCUT2D eigenvalue weighted by atomic mass is 10.1. The van der Waals surface area contributed by atoms with Gasteiger partial charge >= 0.3 is 5.97 Å². The van der Waals surface area contributed by atoms with Crippen LogP contribution in [0, 0.1) is 6.92 Å². The van der Waals surface area contributed by atoms with Crippen LogP contribution in [0.25, 0.3) is 6.08 Å². The minimum absolute atomic E-state index is 0.359. The Labute approximate surface area is 110 Å². The van der Waals surface area contributed by atoms with Crippen LogP contribution in [0.1, 0.15) is 22.2 Å². The molecule has 0 unspecified atom stereocenters. The lowest BCUT2D eigenvalue weighted by Crippen LogP contribution is -2.21. The Morgan fingerprint density at radius 3 is 2.78 bits per heavy atom. The number of rotatable bonds is 3. The predicted octanol–water partition coefficient (Wildman–Crippen LogP) is 2.46. The van der Waals surface area contributed by atoms with E-state index in [0.717, 1.165) is 15.3 Å². The van der Waals surface area contributed by atoms with Crippen molar-refractivity contribution in [2.75, 3.05) is 20.3 Å². The molecule has 1 aliphatic rings. The van der Waals surface area contributed by atoms with Crippen molar-refractivity contribution in [2.24, 2.45) is 0 Å². The van der Waals surface area contributed by atoms with E-state index in [9.17, 15) is 4.79 Å². The molecule has 0 spiro atoms. The Hall–Kier alpha value is -1.17. The van der Waals surface area contributed by atoms with Crippen LogP contribution in [0.4, 0.5) is 0 Å². The quantitative estimate of drug-likeness (QED) is 0.624. The molecule has 5 heteroatoms. The molecule has 1 fully saturated rings. The summed E-state index contributed by atoms with van der Waals surface area (Å²) >= 11 is 1.56. The second kappa shape index (κ2) is 5.22. The van der Waals surface area contributed by atoms with E-state index in [2.05, 4.69) is 4.74 Å². The summed E-state index contributed by atoms with van der Waals surface area (Å²) in [4.78, 5) is 13.1. The summed E-state index contributed by atoms with van der Waals surface area (Å²) in [7, 11) is 1.36. The molecule has 4 nitrogen and oxygen atoms in total. The summed E-state index contributed by atoms with van der Waals surface area (Å²) < 4.78 is 15.8. The molecule has 0 saturated carbocycles. The van der Waals surface area contributed by atoms with E-state index < -0.39 is 5.79 Å². The zero-order valence-corrected chi connectivity index (χ0v) is 11.5. The van der Waals surface area contributed by atoms with Crippen molar-refractivity contribution < 1.29 is 19.0 Å². The van der Waals surface area contributed by atoms with Crippen molar-refractivity contribution in [3.63, 3.8) is 0 Å². The monoisotopic (exact) mass is 268 g/mol. The fourth-order valence-electron chi connectivity index (χ4n) is 1.90. The molecular weight excluding hydrogens is 252 g/mol. The SMILES string of the molecule is COC(=O)/C=C/c1cc(C)c(C2(C)OCCO2)s1. The first-order valence-corrected chi connectivity index (χ1v) is 6.51. The number of hydrogen-bond donors (Lipinski definition) is 0. The maximum Gasteiger partial charge on any atom is 0.330 e. The van der Waals surface area contributed by atoms with Crippen LogP contribution in [0.15, 0.2) is 12.1 Å². The fraction of sp³-hybridized carbons (Fsp3) is 0.462. The van der Waals surface area contributed by atoms with Crippen molar-refractivity contribution >= 4 is 23.4 Å². The number of thiophene rings is 1. The van der Waals surface area contributed by atoms with E-state index in [1.54, 1.807) is 17.4 Å². The van der Waals surface area contributed by atoms with E-state index in [0.29, 0.717) is 13.2 Å². The molecule has 1 saturated heterocycles. The fourth-order valence-corrected chi connectivity index (χ4v) is 3.03. The van der Waals surface area contributed by atoms with Gasteiger partial charge in [0.1, 0.15) is 0 Å². The number of esters is 1. The van der Waals surface area contributed by atoms with Crippen LogP contribution in [-0.4, -0.2) is 26.3 Å². The summed E-state index contributed by atoms with van der Waals surface area (Å²) in [6, 6.07) is 2.01. The summed E-state index contributed by atoms with van der Waals surface area (Å²) in [6.45, 7) is 5.16. The maximum atomic E-state index is 11.0. The second-order valence-electron chi connectivity index (χ2n) is 4.16. The summed E-state index contributed by atoms with van der Waals surface area (Å²) in [5.41, 5.74) is 1.11. The van der Waals surface area contributed by atoms with Crippen molar-refractivity contribution in [3.8, 4) is 0 Å². The van der Waals surface area contributed by atoms with Crippen molar-refractivity contribution in [1.29, 1.82) is 0 Å². The van der Waals surface area contributed by atoms with Crippen LogP contribution >= 0.6 is 11.3 Å². The second-order valence-corrected chi connectivity index (χ2v) is 5.24. The third kappa shape index (κ3) is 2.63. The number of hydrogen-bond acceptors (Lipinski definition) is 5. The first-order valence-electron chi connectivity index (χ1n) is 5.70. The van der Waals surface area contributed by atoms with E-state index in [-0.39, 0.29) is 5.97 Å². The maximum absolute atomic E-state index is 11.0. The first kappa shape index (κ1) is 13.3. The van der Waals surface area contributed by atoms with E-state index in [1.165, 1.54) is 13.2 Å². The topological polar surface area (TPSA) is 44.8 Å². The van der Waals surface area contributed by atoms with E-state index >= 15 is 0 Å². The molecule has 0 atom stereocenters. The number of ether oxygens (including phenoxy) is 3. The molecule has 0 aromatic carbocycles. The summed E-state index contributed by atoms with van der Waals surface area (Å²) in [5, 5.41) is 0. The zero-order chi connectivity index (χ0) is 13.2. The van der Waals surface area contributed by atoms with Gasteiger partial charge in [-0.1, -0.05) is 0 Å². The molecular formula is C13H16O4S. The first-order chi connectivity index (χ1) is 8.55. The highest BCUT2D eigenvalue weighted by Crippen LogP contribution is 2.38. The molecule has 0 aliphatic carbocycles. The molecule has 0 radical (unpaired) electrons. The minimum Gasteiger partial charge on any atom is -0.466 e. The number of methoxy groups -OCH3 is 1. The predicted molar refractivity (Wildman–Crippen MR) is 69.4 cm³/mol. The molecule has 1 aromatic heterocycles. The molecule has 0 N–H and O–H groups in total. The summed E-state index contributed by atoms with van der Waals surface area (Å²) in [5.74, 6) is -1.01. The van der Waals surface area contributed by atoms with Gasteiger partial charge in [0.05, 0.1) is 25.2 Å². The van der Waals surface area contributed by atoms with Crippen LogP contribution < -0.4 is 0 Å². The van der Waals surface area contributed by atoms with Gasteiger partial charge in [-0.15, -0.1) is 11.3 Å². The highest BCUT2D eigenvalue weighted by Gasteiger charge is 2.36. The van der Waals surface area contributed by atoms with Gasteiger partial charge in [0, 0.05) is 11.0 Å². The van der Waals surface area contributed by atoms with Crippen molar-refractivity contribution in [3.05, 3.63) is 27.5 Å². The molecule has 1 aliphatic heterocycles. The Morgan fingerprint density at radius 2 is 2.17 bits per heavy atom. The van der Waals surface area contributed by atoms with Crippen molar-refractivity contribution in [2.45, 2.75) is 19.6 Å². The average Bonchev–Trinajstić information content (AvgIpc) is 2.93. The van der Waals surface area contributed by atoms with Gasteiger partial charge in [-0.25, -0.2) is 4.79 Å². The largest absolute Gasteiger partial charge is 0.466 e. The highest BCUT2D eigenvalue weighted by atomic mass is 32.1. The molecule has 1 aromatic rings. The van der Waals surface area contributed by atoms with E-state index in [4.69, 9.17) is 9.47 Å². The molecule has 2 rings (SSSR count). The van der Waals surface area contributed by atoms with Crippen molar-refractivity contribution in [1.82, 2.24) is 0 Å². The van der Waals surface area contributed by atoms with Gasteiger partial charge in [-0.05, 0) is 31.6 Å². The highest BCUT2D eigenvalue weighted by molar-refractivity contribution is 7.13. The van der Waals surface area contributed by atoms with Gasteiger partial charge in [0.25, 0.3) is 0 Å². The molecule has 0 amide bonds. The lowest BCUT2D eigenvalue weighted by molar-refractivity contribution is -0.147. The Balaban J connectivity index is 2.22. The van der Waals surface area contributed by atoms with Gasteiger partial charge in [0.2, 0.25) is 5.79 Å². The Kier molecular flexibility index (Phi) is 3.85. The lowest BCUT2D eigenvalue weighted by Gasteiger charge is -2.21. The summed E-state index contributed by atoms with van der Waals surface area (Å²) in [6.07, 6.45) is 3.15. The third-order valence-electron chi connectivity index (χ3n) is 2.77. The molecule has 18 heavy (non-hydrogen) atoms. The molecule has 2 heterocycles. The van der Waals surface area contributed by atoms with Crippen LogP contribution in [0.5, 0.6) is 0 Å². The van der Waals surface area contributed by atoms with Crippen LogP contribution in [0.3, 0.4) is 0 Å². The van der Waals surface area contributed by atoms with Crippen LogP contribution in [-0.2, 0) is 24.8 Å². The average molecular weight is 268 g/mol. The zero-order valence-electron chi connectivity index (χ0n) is 10.7. The van der Waals surface area contributed by atoms with E-state index in [1.807, 2.05) is 19.9 Å². The number of carbonyl (C=O) groups is 1. The molecule has 98 valence electrons. The van der Waals surface area contributed by atoms with Crippen LogP contribution in [0.2, 0.25) is 0 Å². The Bertz CT molecular complexity index is 469. The van der Waals surface area contributed by atoms with Gasteiger partial charge in [-0.2, -0.15) is 0 Å². The molecule has 0 bridgehead atoms. The number of carbonyl (C=O) groups excluding carboxylic acids is 1.